The normalized spacial score (nSPS) is 21.9. The number of benzene rings is 2. The number of piperidine rings is 1. The van der Waals surface area contributed by atoms with Crippen LogP contribution in [0.4, 0.5) is 0 Å². The molecule has 4 heteroatoms. The lowest BCUT2D eigenvalue weighted by atomic mass is 10.0. The fraction of sp³-hybridized carbons (Fsp3) is 0.474. The molecule has 0 aromatic heterocycles. The molecule has 2 aromatic rings. The second-order valence-corrected chi connectivity index (χ2v) is 8.60. The Morgan fingerprint density at radius 1 is 1.09 bits per heavy atom. The van der Waals surface area contributed by atoms with Gasteiger partial charge in [-0.1, -0.05) is 37.6 Å². The van der Waals surface area contributed by atoms with Crippen LogP contribution in [0.2, 0.25) is 0 Å². The van der Waals surface area contributed by atoms with Crippen LogP contribution in [-0.2, 0) is 22.9 Å². The van der Waals surface area contributed by atoms with E-state index in [1.54, 1.807) is 4.31 Å². The minimum absolute atomic E-state index is 0.150. The first kappa shape index (κ1) is 15.2. The lowest BCUT2D eigenvalue weighted by molar-refractivity contribution is 0.247. The van der Waals surface area contributed by atoms with Crippen molar-refractivity contribution in [3.63, 3.8) is 0 Å². The molecule has 1 aliphatic heterocycles. The molecule has 0 radical (unpaired) electrons. The third kappa shape index (κ3) is 2.31. The van der Waals surface area contributed by atoms with Crippen molar-refractivity contribution >= 4 is 20.8 Å². The van der Waals surface area contributed by atoms with Crippen molar-refractivity contribution in [3.8, 4) is 0 Å². The molecule has 0 saturated carbocycles. The summed E-state index contributed by atoms with van der Waals surface area (Å²) in [5.41, 5.74) is 2.58. The fourth-order valence-corrected chi connectivity index (χ4v) is 6.23. The quantitative estimate of drug-likeness (QED) is 0.856. The zero-order chi connectivity index (χ0) is 16.0. The summed E-state index contributed by atoms with van der Waals surface area (Å²) in [7, 11) is -3.42. The molecule has 0 bridgehead atoms. The first-order chi connectivity index (χ1) is 11.1. The predicted molar refractivity (Wildman–Crippen MR) is 93.2 cm³/mol. The Labute approximate surface area is 138 Å². The maximum Gasteiger partial charge on any atom is 0.243 e. The van der Waals surface area contributed by atoms with E-state index in [1.165, 1.54) is 16.5 Å². The van der Waals surface area contributed by atoms with Gasteiger partial charge in [0.25, 0.3) is 0 Å². The van der Waals surface area contributed by atoms with Crippen molar-refractivity contribution < 1.29 is 8.42 Å². The maximum absolute atomic E-state index is 13.3. The number of nitrogens with zero attached hydrogens (tertiary/aromatic N) is 1. The molecule has 1 heterocycles. The molecule has 2 aliphatic rings. The zero-order valence-electron chi connectivity index (χ0n) is 13.6. The fourth-order valence-electron chi connectivity index (χ4n) is 4.27. The summed E-state index contributed by atoms with van der Waals surface area (Å²) in [6.45, 7) is 2.75. The van der Waals surface area contributed by atoms with E-state index in [9.17, 15) is 8.42 Å². The molecule has 3 nitrogen and oxygen atoms in total. The molecule has 1 atom stereocenters. The summed E-state index contributed by atoms with van der Waals surface area (Å²) in [5.74, 6) is 0. The summed E-state index contributed by atoms with van der Waals surface area (Å²) in [6, 6.07) is 10.1. The highest BCUT2D eigenvalue weighted by atomic mass is 32.2. The van der Waals surface area contributed by atoms with E-state index in [0.717, 1.165) is 43.9 Å². The van der Waals surface area contributed by atoms with Gasteiger partial charge in [-0.2, -0.15) is 4.31 Å². The number of rotatable bonds is 3. The van der Waals surface area contributed by atoms with Crippen molar-refractivity contribution in [1.82, 2.24) is 4.31 Å². The second kappa shape index (κ2) is 5.60. The number of hydrogen-bond acceptors (Lipinski definition) is 2. The average Bonchev–Trinajstić information content (AvgIpc) is 3.00. The molecule has 1 saturated heterocycles. The van der Waals surface area contributed by atoms with Crippen LogP contribution in [0.15, 0.2) is 35.2 Å². The van der Waals surface area contributed by atoms with E-state index >= 15 is 0 Å². The van der Waals surface area contributed by atoms with Crippen LogP contribution >= 0.6 is 0 Å². The summed E-state index contributed by atoms with van der Waals surface area (Å²) in [4.78, 5) is 0.500. The van der Waals surface area contributed by atoms with Gasteiger partial charge in [-0.3, -0.25) is 0 Å². The molecule has 2 aromatic carbocycles. The molecule has 0 amide bonds. The standard InChI is InChI=1S/C19H23NO2S/c1-2-16-7-3-4-13-20(16)23(21,22)18-12-11-15-10-9-14-6-5-8-17(18)19(14)15/h5-6,8,11-12,16H,2-4,7,9-10,13H2,1H3. The first-order valence-corrected chi connectivity index (χ1v) is 10.1. The monoisotopic (exact) mass is 329 g/mol. The summed E-state index contributed by atoms with van der Waals surface area (Å²) < 4.78 is 28.4. The second-order valence-electron chi connectivity index (χ2n) is 6.74. The Balaban J connectivity index is 1.89. The highest BCUT2D eigenvalue weighted by Gasteiger charge is 2.34. The SMILES string of the molecule is CCC1CCCCN1S(=O)(=O)c1ccc2c3c(cccc13)CC2. The molecule has 1 fully saturated rings. The Morgan fingerprint density at radius 2 is 1.87 bits per heavy atom. The minimum atomic E-state index is -3.42. The third-order valence-electron chi connectivity index (χ3n) is 5.47. The van der Waals surface area contributed by atoms with Crippen LogP contribution in [0.3, 0.4) is 0 Å². The van der Waals surface area contributed by atoms with Gasteiger partial charge < -0.3 is 0 Å². The van der Waals surface area contributed by atoms with Gasteiger partial charge in [-0.05, 0) is 54.7 Å². The molecule has 0 spiro atoms. The average molecular weight is 329 g/mol. The highest BCUT2D eigenvalue weighted by Crippen LogP contribution is 2.37. The van der Waals surface area contributed by atoms with Crippen LogP contribution in [0, 0.1) is 0 Å². The molecule has 0 N–H and O–H groups in total. The summed E-state index contributed by atoms with van der Waals surface area (Å²) in [5, 5.41) is 2.09. The van der Waals surface area contributed by atoms with Crippen LogP contribution in [0.25, 0.3) is 10.8 Å². The zero-order valence-corrected chi connectivity index (χ0v) is 14.4. The van der Waals surface area contributed by atoms with Gasteiger partial charge in [-0.15, -0.1) is 0 Å². The van der Waals surface area contributed by atoms with E-state index in [-0.39, 0.29) is 6.04 Å². The van der Waals surface area contributed by atoms with Gasteiger partial charge in [-0.25, -0.2) is 8.42 Å². The van der Waals surface area contributed by atoms with Gasteiger partial charge in [0.2, 0.25) is 10.0 Å². The molecule has 1 aliphatic carbocycles. The van der Waals surface area contributed by atoms with E-state index < -0.39 is 10.0 Å². The van der Waals surface area contributed by atoms with Crippen molar-refractivity contribution in [2.75, 3.05) is 6.54 Å². The number of sulfonamides is 1. The minimum Gasteiger partial charge on any atom is -0.207 e. The largest absolute Gasteiger partial charge is 0.243 e. The third-order valence-corrected chi connectivity index (χ3v) is 7.48. The highest BCUT2D eigenvalue weighted by molar-refractivity contribution is 7.89. The smallest absolute Gasteiger partial charge is 0.207 e. The lowest BCUT2D eigenvalue weighted by Gasteiger charge is -2.34. The van der Waals surface area contributed by atoms with Crippen LogP contribution < -0.4 is 0 Å². The summed E-state index contributed by atoms with van der Waals surface area (Å²) >= 11 is 0. The van der Waals surface area contributed by atoms with E-state index in [4.69, 9.17) is 0 Å². The molecular weight excluding hydrogens is 306 g/mol. The Morgan fingerprint density at radius 3 is 2.65 bits per heavy atom. The maximum atomic E-state index is 13.3. The molecule has 1 unspecified atom stereocenters. The van der Waals surface area contributed by atoms with Crippen LogP contribution in [0.1, 0.15) is 43.7 Å². The van der Waals surface area contributed by atoms with Crippen molar-refractivity contribution in [2.45, 2.75) is 56.4 Å². The topological polar surface area (TPSA) is 37.4 Å². The van der Waals surface area contributed by atoms with Crippen molar-refractivity contribution in [2.24, 2.45) is 0 Å². The Kier molecular flexibility index (Phi) is 3.69. The summed E-state index contributed by atoms with van der Waals surface area (Å²) in [6.07, 6.45) is 6.03. The molecule has 23 heavy (non-hydrogen) atoms. The predicted octanol–water partition coefficient (Wildman–Crippen LogP) is 3.89. The van der Waals surface area contributed by atoms with Gasteiger partial charge >= 0.3 is 0 Å². The Hall–Kier alpha value is -1.39. The lowest BCUT2D eigenvalue weighted by Crippen LogP contribution is -2.43. The number of aryl methyl sites for hydroxylation is 2. The molecule has 4 rings (SSSR count). The van der Waals surface area contributed by atoms with Crippen LogP contribution in [0.5, 0.6) is 0 Å². The van der Waals surface area contributed by atoms with E-state index in [2.05, 4.69) is 13.0 Å². The van der Waals surface area contributed by atoms with Gasteiger partial charge in [0.05, 0.1) is 4.90 Å². The first-order valence-electron chi connectivity index (χ1n) is 8.68. The van der Waals surface area contributed by atoms with Crippen molar-refractivity contribution in [1.29, 1.82) is 0 Å². The Bertz CT molecular complexity index is 847. The van der Waals surface area contributed by atoms with Crippen molar-refractivity contribution in [3.05, 3.63) is 41.5 Å². The molecule has 122 valence electrons. The van der Waals surface area contributed by atoms with Gasteiger partial charge in [0, 0.05) is 18.0 Å². The van der Waals surface area contributed by atoms with Gasteiger partial charge in [0.1, 0.15) is 0 Å². The van der Waals surface area contributed by atoms with E-state index in [1.807, 2.05) is 24.3 Å². The molecular formula is C19H23NO2S. The van der Waals surface area contributed by atoms with E-state index in [0.29, 0.717) is 11.4 Å². The van der Waals surface area contributed by atoms with Gasteiger partial charge in [0.15, 0.2) is 0 Å². The number of hydrogen-bond donors (Lipinski definition) is 0. The van der Waals surface area contributed by atoms with Crippen LogP contribution in [-0.4, -0.2) is 25.3 Å².